The highest BCUT2D eigenvalue weighted by atomic mass is 16.5. The zero-order chi connectivity index (χ0) is 14.4. The molecule has 0 saturated heterocycles. The fourth-order valence-electron chi connectivity index (χ4n) is 1.99. The molecule has 2 rings (SSSR count). The maximum Gasteiger partial charge on any atom is 0.251 e. The molecule has 3 nitrogen and oxygen atoms in total. The van der Waals surface area contributed by atoms with Crippen LogP contribution in [0.25, 0.3) is 0 Å². The van der Waals surface area contributed by atoms with Gasteiger partial charge in [0.25, 0.3) is 5.91 Å². The van der Waals surface area contributed by atoms with Crippen LogP contribution in [0.5, 0.6) is 5.75 Å². The van der Waals surface area contributed by atoms with Crippen molar-refractivity contribution in [2.75, 3.05) is 13.7 Å². The van der Waals surface area contributed by atoms with Crippen molar-refractivity contribution in [3.05, 3.63) is 65.7 Å². The minimum absolute atomic E-state index is 0.0598. The summed E-state index contributed by atoms with van der Waals surface area (Å²) in [4.78, 5) is 12.0. The van der Waals surface area contributed by atoms with Crippen molar-refractivity contribution in [1.29, 1.82) is 0 Å². The molecule has 104 valence electrons. The van der Waals surface area contributed by atoms with E-state index in [4.69, 9.17) is 4.74 Å². The average Bonchev–Trinajstić information content (AvgIpc) is 2.53. The normalized spacial score (nSPS) is 11.7. The minimum Gasteiger partial charge on any atom is -0.497 e. The average molecular weight is 269 g/mol. The van der Waals surface area contributed by atoms with E-state index in [1.54, 1.807) is 31.4 Å². The molecule has 0 heterocycles. The molecule has 0 spiro atoms. The van der Waals surface area contributed by atoms with Gasteiger partial charge in [-0.15, -0.1) is 0 Å². The zero-order valence-electron chi connectivity index (χ0n) is 11.8. The van der Waals surface area contributed by atoms with E-state index in [1.165, 1.54) is 5.56 Å². The van der Waals surface area contributed by atoms with E-state index in [0.29, 0.717) is 18.0 Å². The lowest BCUT2D eigenvalue weighted by atomic mass is 10.0. The van der Waals surface area contributed by atoms with Crippen LogP contribution in [0, 0.1) is 0 Å². The molecular formula is C17H19NO2. The van der Waals surface area contributed by atoms with E-state index < -0.39 is 0 Å². The van der Waals surface area contributed by atoms with E-state index in [0.717, 1.165) is 5.75 Å². The van der Waals surface area contributed by atoms with E-state index >= 15 is 0 Å². The predicted octanol–water partition coefficient (Wildman–Crippen LogP) is 3.23. The van der Waals surface area contributed by atoms with Crippen molar-refractivity contribution in [1.82, 2.24) is 5.32 Å². The van der Waals surface area contributed by atoms with Crippen LogP contribution in [0.4, 0.5) is 0 Å². The molecule has 0 aromatic heterocycles. The lowest BCUT2D eigenvalue weighted by Crippen LogP contribution is -2.27. The Labute approximate surface area is 119 Å². The second-order valence-corrected chi connectivity index (χ2v) is 4.75. The minimum atomic E-state index is -0.0598. The van der Waals surface area contributed by atoms with E-state index in [9.17, 15) is 4.79 Å². The molecule has 1 N–H and O–H groups in total. The smallest absolute Gasteiger partial charge is 0.251 e. The number of methoxy groups -OCH3 is 1. The van der Waals surface area contributed by atoms with Crippen molar-refractivity contribution in [3.63, 3.8) is 0 Å². The van der Waals surface area contributed by atoms with Gasteiger partial charge in [0.2, 0.25) is 0 Å². The van der Waals surface area contributed by atoms with Crippen LogP contribution in [-0.2, 0) is 0 Å². The quantitative estimate of drug-likeness (QED) is 0.905. The Morgan fingerprint density at radius 3 is 2.35 bits per heavy atom. The van der Waals surface area contributed by atoms with Gasteiger partial charge in [0.15, 0.2) is 0 Å². The van der Waals surface area contributed by atoms with E-state index in [1.807, 2.05) is 18.2 Å². The monoisotopic (exact) mass is 269 g/mol. The van der Waals surface area contributed by atoms with Gasteiger partial charge in [-0.25, -0.2) is 0 Å². The second kappa shape index (κ2) is 6.75. The van der Waals surface area contributed by atoms with Gasteiger partial charge in [-0.1, -0.05) is 37.3 Å². The Bertz CT molecular complexity index is 549. The Morgan fingerprint density at radius 1 is 1.10 bits per heavy atom. The number of hydrogen-bond donors (Lipinski definition) is 1. The number of hydrogen-bond acceptors (Lipinski definition) is 2. The van der Waals surface area contributed by atoms with Crippen LogP contribution in [0.3, 0.4) is 0 Å². The van der Waals surface area contributed by atoms with Crippen molar-refractivity contribution in [3.8, 4) is 5.75 Å². The third kappa shape index (κ3) is 3.60. The Kier molecular flexibility index (Phi) is 4.77. The first-order valence-electron chi connectivity index (χ1n) is 6.68. The molecule has 1 amide bonds. The van der Waals surface area contributed by atoms with Crippen molar-refractivity contribution < 1.29 is 9.53 Å². The summed E-state index contributed by atoms with van der Waals surface area (Å²) in [5, 5.41) is 2.95. The van der Waals surface area contributed by atoms with Gasteiger partial charge in [-0.05, 0) is 35.7 Å². The molecule has 0 aliphatic heterocycles. The van der Waals surface area contributed by atoms with Gasteiger partial charge in [0.05, 0.1) is 7.11 Å². The lowest BCUT2D eigenvalue weighted by Gasteiger charge is -2.13. The molecule has 2 aromatic carbocycles. The third-order valence-corrected chi connectivity index (χ3v) is 3.29. The first-order valence-corrected chi connectivity index (χ1v) is 6.68. The number of nitrogens with one attached hydrogen (secondary N) is 1. The highest BCUT2D eigenvalue weighted by molar-refractivity contribution is 5.94. The van der Waals surface area contributed by atoms with Crippen molar-refractivity contribution in [2.45, 2.75) is 12.8 Å². The van der Waals surface area contributed by atoms with Crippen LogP contribution < -0.4 is 10.1 Å². The molecule has 0 aliphatic rings. The first kappa shape index (κ1) is 14.1. The first-order chi connectivity index (χ1) is 9.70. The van der Waals surface area contributed by atoms with Crippen LogP contribution in [0.15, 0.2) is 54.6 Å². The third-order valence-electron chi connectivity index (χ3n) is 3.29. The molecular weight excluding hydrogens is 250 g/mol. The molecule has 0 radical (unpaired) electrons. The summed E-state index contributed by atoms with van der Waals surface area (Å²) in [6.45, 7) is 2.72. The molecule has 2 aromatic rings. The summed E-state index contributed by atoms with van der Waals surface area (Å²) in [5.74, 6) is 0.980. The summed E-state index contributed by atoms with van der Waals surface area (Å²) in [6.07, 6.45) is 0. The molecule has 0 aliphatic carbocycles. The molecule has 1 atom stereocenters. The Balaban J connectivity index is 1.91. The standard InChI is InChI=1S/C17H19NO2/c1-13(14-6-4-3-5-7-14)12-18-17(19)15-8-10-16(20-2)11-9-15/h3-11,13H,12H2,1-2H3,(H,18,19)/t13-/m1/s1. The summed E-state index contributed by atoms with van der Waals surface area (Å²) >= 11 is 0. The number of rotatable bonds is 5. The topological polar surface area (TPSA) is 38.3 Å². The Hall–Kier alpha value is -2.29. The fourth-order valence-corrected chi connectivity index (χ4v) is 1.99. The van der Waals surface area contributed by atoms with Gasteiger partial charge < -0.3 is 10.1 Å². The summed E-state index contributed by atoms with van der Waals surface area (Å²) in [5.41, 5.74) is 1.87. The largest absolute Gasteiger partial charge is 0.497 e. The fraction of sp³-hybridized carbons (Fsp3) is 0.235. The summed E-state index contributed by atoms with van der Waals surface area (Å²) in [6, 6.07) is 17.3. The maximum atomic E-state index is 12.0. The van der Waals surface area contributed by atoms with Gasteiger partial charge in [0.1, 0.15) is 5.75 Å². The van der Waals surface area contributed by atoms with Gasteiger partial charge in [-0.3, -0.25) is 4.79 Å². The number of amides is 1. The highest BCUT2D eigenvalue weighted by Crippen LogP contribution is 2.14. The number of benzene rings is 2. The molecule has 3 heteroatoms. The SMILES string of the molecule is COc1ccc(C(=O)NC[C@@H](C)c2ccccc2)cc1. The maximum absolute atomic E-state index is 12.0. The van der Waals surface area contributed by atoms with Gasteiger partial charge >= 0.3 is 0 Å². The zero-order valence-corrected chi connectivity index (χ0v) is 11.8. The van der Waals surface area contributed by atoms with Crippen LogP contribution >= 0.6 is 0 Å². The summed E-state index contributed by atoms with van der Waals surface area (Å²) < 4.78 is 5.07. The van der Waals surface area contributed by atoms with Crippen molar-refractivity contribution >= 4 is 5.91 Å². The summed E-state index contributed by atoms with van der Waals surface area (Å²) in [7, 11) is 1.61. The van der Waals surface area contributed by atoms with Gasteiger partial charge in [0, 0.05) is 12.1 Å². The number of carbonyl (C=O) groups is 1. The second-order valence-electron chi connectivity index (χ2n) is 4.75. The van der Waals surface area contributed by atoms with Gasteiger partial charge in [-0.2, -0.15) is 0 Å². The lowest BCUT2D eigenvalue weighted by molar-refractivity contribution is 0.0951. The van der Waals surface area contributed by atoms with Crippen molar-refractivity contribution in [2.24, 2.45) is 0 Å². The molecule has 0 saturated carbocycles. The van der Waals surface area contributed by atoms with Crippen LogP contribution in [0.1, 0.15) is 28.8 Å². The van der Waals surface area contributed by atoms with Crippen LogP contribution in [0.2, 0.25) is 0 Å². The number of carbonyl (C=O) groups excluding carboxylic acids is 1. The van der Waals surface area contributed by atoms with Crippen LogP contribution in [-0.4, -0.2) is 19.6 Å². The van der Waals surface area contributed by atoms with E-state index in [-0.39, 0.29) is 5.91 Å². The molecule has 0 unspecified atom stereocenters. The highest BCUT2D eigenvalue weighted by Gasteiger charge is 2.09. The number of ether oxygens (including phenoxy) is 1. The molecule has 20 heavy (non-hydrogen) atoms. The Morgan fingerprint density at radius 2 is 1.75 bits per heavy atom. The molecule has 0 bridgehead atoms. The van der Waals surface area contributed by atoms with E-state index in [2.05, 4.69) is 24.4 Å². The predicted molar refractivity (Wildman–Crippen MR) is 80.2 cm³/mol. The molecule has 0 fully saturated rings.